The first-order chi connectivity index (χ1) is 48.7. The summed E-state index contributed by atoms with van der Waals surface area (Å²) in [6, 6.07) is 0. The highest BCUT2D eigenvalue weighted by molar-refractivity contribution is 7.47. The minimum Gasteiger partial charge on any atom is -0.462 e. The molecule has 0 spiro atoms. The second-order valence-corrected chi connectivity index (χ2v) is 28.1. The molecule has 0 radical (unpaired) electrons. The van der Waals surface area contributed by atoms with E-state index in [2.05, 4.69) is 143 Å². The van der Waals surface area contributed by atoms with Gasteiger partial charge in [0.2, 0.25) is 0 Å². The van der Waals surface area contributed by atoms with E-state index in [0.29, 0.717) is 32.1 Å². The van der Waals surface area contributed by atoms with E-state index in [1.165, 1.54) is 51.4 Å². The molecule has 0 heterocycles. The standard InChI is InChI=1S/C81H136O17P2/c1-5-9-13-17-21-25-29-32-35-36-37-38-41-43-47-50-54-58-62-66-79(84)92-72-77(98-81(86)68-64-60-56-52-48-44-40-34-31-27-23-19-15-11-7-3)74-96-100(89,90)94-70-75(82)69-93-99(87,88)95-73-76(97-80(85)67-63-59-55-51-45-28-24-20-16-12-8-4)71-91-78(83)65-61-57-53-49-46-42-39-33-30-26-22-18-14-10-6-2/h9,11,13,15,20-21,23-25,27,32-35,37-40,43,47,54,58,75-77,82H,5-8,10,12,14,16-19,22,26,28-31,36,41-42,44-46,48-53,55-57,59-74H2,1-4H3,(H,87,88)(H,89,90)/b13-9-,15-11-,24-20-,25-21-,27-23-,35-32-,38-37-,39-33-,40-34-,47-43-,58-54-. The molecule has 572 valence electrons. The number of phosphoric acid groups is 2. The van der Waals surface area contributed by atoms with Gasteiger partial charge in [-0.15, -0.1) is 0 Å². The van der Waals surface area contributed by atoms with Crippen molar-refractivity contribution in [3.63, 3.8) is 0 Å². The van der Waals surface area contributed by atoms with Crippen LogP contribution in [0.3, 0.4) is 0 Å². The predicted octanol–water partition coefficient (Wildman–Crippen LogP) is 22.1. The van der Waals surface area contributed by atoms with Gasteiger partial charge in [-0.25, -0.2) is 9.13 Å². The molecular formula is C81H136O17P2. The zero-order valence-electron chi connectivity index (χ0n) is 62.3. The second-order valence-electron chi connectivity index (χ2n) is 25.2. The third kappa shape index (κ3) is 71.6. The average Bonchev–Trinajstić information content (AvgIpc) is 0.985. The number of hydrogen-bond donors (Lipinski definition) is 3. The smallest absolute Gasteiger partial charge is 0.462 e. The number of unbranched alkanes of at least 4 members (excludes halogenated alkanes) is 23. The SMILES string of the molecule is CC/C=C\C/C=C\C/C=C\C/C=C\C/C=C\C/C=C\CCC(=O)OCC(COP(=O)(O)OCC(O)COP(=O)(O)OCC(COC(=O)CCCCCCC/C=C\CCCCCCCC)OC(=O)CCCCCCC/C=C\CCCC)OC(=O)CCCCCCC/C=C\C/C=C\C/C=C\CC. The lowest BCUT2D eigenvalue weighted by atomic mass is 10.1. The van der Waals surface area contributed by atoms with Crippen molar-refractivity contribution in [2.45, 2.75) is 316 Å². The van der Waals surface area contributed by atoms with Gasteiger partial charge in [0.25, 0.3) is 0 Å². The Kier molecular flexibility index (Phi) is 69.1. The number of aliphatic hydroxyl groups is 1. The molecule has 0 bridgehead atoms. The molecule has 19 heteroatoms. The molecule has 3 N–H and O–H groups in total. The Balaban J connectivity index is 5.42. The van der Waals surface area contributed by atoms with Gasteiger partial charge in [-0.2, -0.15) is 0 Å². The fraction of sp³-hybridized carbons (Fsp3) is 0.679. The van der Waals surface area contributed by atoms with Gasteiger partial charge in [-0.1, -0.05) is 264 Å². The van der Waals surface area contributed by atoms with E-state index < -0.39 is 97.5 Å². The summed E-state index contributed by atoms with van der Waals surface area (Å²) in [6.45, 7) is 4.47. The Morgan fingerprint density at radius 2 is 0.550 bits per heavy atom. The van der Waals surface area contributed by atoms with Crippen LogP contribution in [0.1, 0.15) is 297 Å². The van der Waals surface area contributed by atoms with Crippen LogP contribution in [0.2, 0.25) is 0 Å². The number of phosphoric ester groups is 2. The summed E-state index contributed by atoms with van der Waals surface area (Å²) in [5.41, 5.74) is 0. The number of allylic oxidation sites excluding steroid dienone is 22. The monoisotopic (exact) mass is 1440 g/mol. The lowest BCUT2D eigenvalue weighted by Crippen LogP contribution is -2.30. The van der Waals surface area contributed by atoms with Crippen LogP contribution in [0.5, 0.6) is 0 Å². The van der Waals surface area contributed by atoms with Gasteiger partial charge in [-0.05, 0) is 141 Å². The minimum absolute atomic E-state index is 0.0286. The molecule has 100 heavy (non-hydrogen) atoms. The van der Waals surface area contributed by atoms with Gasteiger partial charge >= 0.3 is 39.5 Å². The summed E-state index contributed by atoms with van der Waals surface area (Å²) in [7, 11) is -9.98. The minimum atomic E-state index is -5.00. The Morgan fingerprint density at radius 1 is 0.290 bits per heavy atom. The summed E-state index contributed by atoms with van der Waals surface area (Å²) < 4.78 is 68.3. The fourth-order valence-electron chi connectivity index (χ4n) is 9.76. The van der Waals surface area contributed by atoms with Crippen molar-refractivity contribution < 1.29 is 80.2 Å². The van der Waals surface area contributed by atoms with Crippen molar-refractivity contribution in [1.82, 2.24) is 0 Å². The summed E-state index contributed by atoms with van der Waals surface area (Å²) in [5.74, 6) is -2.31. The molecule has 5 atom stereocenters. The number of rotatable bonds is 71. The molecule has 0 rings (SSSR count). The van der Waals surface area contributed by atoms with Crippen molar-refractivity contribution in [2.24, 2.45) is 0 Å². The molecule has 0 aromatic rings. The van der Waals surface area contributed by atoms with Gasteiger partial charge < -0.3 is 33.8 Å². The molecule has 17 nitrogen and oxygen atoms in total. The van der Waals surface area contributed by atoms with Crippen molar-refractivity contribution >= 4 is 39.5 Å². The number of carbonyl (C=O) groups is 4. The van der Waals surface area contributed by atoms with Crippen LogP contribution in [-0.4, -0.2) is 96.7 Å². The third-order valence-corrected chi connectivity index (χ3v) is 17.5. The van der Waals surface area contributed by atoms with E-state index in [1.807, 2.05) is 18.2 Å². The molecule has 0 aliphatic rings. The largest absolute Gasteiger partial charge is 0.472 e. The Labute approximate surface area is 605 Å². The Bertz CT molecular complexity index is 2420. The van der Waals surface area contributed by atoms with Gasteiger partial charge in [0.05, 0.1) is 26.4 Å². The molecule has 0 saturated carbocycles. The molecule has 0 amide bonds. The number of ether oxygens (including phenoxy) is 4. The van der Waals surface area contributed by atoms with E-state index in [-0.39, 0.29) is 25.7 Å². The predicted molar refractivity (Wildman–Crippen MR) is 408 cm³/mol. The number of esters is 4. The van der Waals surface area contributed by atoms with Gasteiger partial charge in [0.15, 0.2) is 12.2 Å². The van der Waals surface area contributed by atoms with Crippen LogP contribution >= 0.6 is 15.6 Å². The maximum absolute atomic E-state index is 13.1. The highest BCUT2D eigenvalue weighted by Crippen LogP contribution is 2.45. The highest BCUT2D eigenvalue weighted by atomic mass is 31.2. The quantitative estimate of drug-likeness (QED) is 0.0169. The summed E-state index contributed by atoms with van der Waals surface area (Å²) in [4.78, 5) is 72.8. The first-order valence-electron chi connectivity index (χ1n) is 38.4. The zero-order chi connectivity index (χ0) is 73.2. The topological polar surface area (TPSA) is 237 Å². The van der Waals surface area contributed by atoms with E-state index in [0.717, 1.165) is 161 Å². The van der Waals surface area contributed by atoms with Crippen LogP contribution in [-0.2, 0) is 65.4 Å². The molecule has 0 saturated heterocycles. The Hall–Kier alpha value is -4.80. The molecule has 0 fully saturated rings. The molecule has 5 unspecified atom stereocenters. The number of carbonyl (C=O) groups excluding carboxylic acids is 4. The third-order valence-electron chi connectivity index (χ3n) is 15.6. The maximum Gasteiger partial charge on any atom is 0.472 e. The summed E-state index contributed by atoms with van der Waals surface area (Å²) in [5, 5.41) is 10.6. The van der Waals surface area contributed by atoms with Crippen LogP contribution in [0, 0.1) is 0 Å². The Morgan fingerprint density at radius 3 is 0.900 bits per heavy atom. The lowest BCUT2D eigenvalue weighted by molar-refractivity contribution is -0.161. The van der Waals surface area contributed by atoms with E-state index in [9.17, 15) is 43.2 Å². The number of hydrogen-bond acceptors (Lipinski definition) is 15. The molecule has 0 aromatic carbocycles. The molecule has 0 aromatic heterocycles. The van der Waals surface area contributed by atoms with Crippen LogP contribution in [0.25, 0.3) is 0 Å². The van der Waals surface area contributed by atoms with Crippen molar-refractivity contribution in [3.8, 4) is 0 Å². The van der Waals surface area contributed by atoms with E-state index >= 15 is 0 Å². The number of aliphatic hydroxyl groups excluding tert-OH is 1. The van der Waals surface area contributed by atoms with Crippen molar-refractivity contribution in [1.29, 1.82) is 0 Å². The van der Waals surface area contributed by atoms with Crippen LogP contribution < -0.4 is 0 Å². The zero-order valence-corrected chi connectivity index (χ0v) is 64.1. The summed E-state index contributed by atoms with van der Waals surface area (Å²) in [6.07, 6.45) is 80.3. The van der Waals surface area contributed by atoms with E-state index in [4.69, 9.17) is 37.0 Å². The first kappa shape index (κ1) is 95.2. The molecule has 0 aliphatic heterocycles. The normalized spacial score (nSPS) is 14.7. The second kappa shape index (κ2) is 72.5. The maximum atomic E-state index is 13.1. The van der Waals surface area contributed by atoms with Crippen molar-refractivity contribution in [2.75, 3.05) is 39.6 Å². The molecular weight excluding hydrogens is 1310 g/mol. The van der Waals surface area contributed by atoms with Gasteiger partial charge in [0.1, 0.15) is 19.3 Å². The van der Waals surface area contributed by atoms with E-state index in [1.54, 1.807) is 0 Å². The average molecular weight is 1440 g/mol. The van der Waals surface area contributed by atoms with Crippen molar-refractivity contribution in [3.05, 3.63) is 134 Å². The highest BCUT2D eigenvalue weighted by Gasteiger charge is 2.30. The van der Waals surface area contributed by atoms with Gasteiger partial charge in [0, 0.05) is 25.7 Å². The van der Waals surface area contributed by atoms with Crippen LogP contribution in [0.4, 0.5) is 0 Å². The molecule has 0 aliphatic carbocycles. The van der Waals surface area contributed by atoms with Crippen LogP contribution in [0.15, 0.2) is 134 Å². The lowest BCUT2D eigenvalue weighted by Gasteiger charge is -2.21. The summed E-state index contributed by atoms with van der Waals surface area (Å²) >= 11 is 0. The van der Waals surface area contributed by atoms with Gasteiger partial charge in [-0.3, -0.25) is 37.3 Å². The first-order valence-corrected chi connectivity index (χ1v) is 41.4. The fourth-order valence-corrected chi connectivity index (χ4v) is 11.3.